The van der Waals surface area contributed by atoms with E-state index in [2.05, 4.69) is 98.9 Å². The van der Waals surface area contributed by atoms with Gasteiger partial charge in [0.05, 0.1) is 13.2 Å². The molecule has 6 unspecified atom stereocenters. The zero-order valence-electron chi connectivity index (χ0n) is 33.6. The highest BCUT2D eigenvalue weighted by atomic mass is 16.7. The first-order valence-corrected chi connectivity index (χ1v) is 20.7. The number of hydrogen-bond donors (Lipinski definition) is 4. The van der Waals surface area contributed by atoms with Gasteiger partial charge in [0, 0.05) is 12.8 Å². The van der Waals surface area contributed by atoms with Crippen molar-refractivity contribution in [2.75, 3.05) is 19.8 Å². The molecule has 10 heteroatoms. The normalized spacial score (nSPS) is 21.5. The van der Waals surface area contributed by atoms with Crippen LogP contribution in [0.4, 0.5) is 0 Å². The van der Waals surface area contributed by atoms with E-state index in [9.17, 15) is 30.0 Å². The van der Waals surface area contributed by atoms with Crippen LogP contribution in [0.3, 0.4) is 0 Å². The van der Waals surface area contributed by atoms with Crippen LogP contribution in [0.2, 0.25) is 0 Å². The summed E-state index contributed by atoms with van der Waals surface area (Å²) >= 11 is 0. The van der Waals surface area contributed by atoms with Crippen molar-refractivity contribution in [3.8, 4) is 0 Å². The number of carbonyl (C=O) groups excluding carboxylic acids is 2. The highest BCUT2D eigenvalue weighted by Crippen LogP contribution is 2.22. The van der Waals surface area contributed by atoms with E-state index < -0.39 is 55.4 Å². The molecule has 6 atom stereocenters. The van der Waals surface area contributed by atoms with E-state index in [1.807, 2.05) is 0 Å². The SMILES string of the molecule is CC/C=C\C/C=C\C/C=C\C/C=C\CCCCC(=O)OC(COC(=O)CCCCCCC/C=C\C/C=C\C/C=C\CC)COC1OC(CO)C(O)C(O)C1O. The zero-order valence-corrected chi connectivity index (χ0v) is 33.6. The molecule has 1 rings (SSSR count). The van der Waals surface area contributed by atoms with Crippen LogP contribution in [-0.4, -0.2) is 89.0 Å². The number of ether oxygens (including phenoxy) is 4. The molecule has 0 saturated carbocycles. The van der Waals surface area contributed by atoms with Crippen LogP contribution in [0, 0.1) is 0 Å². The van der Waals surface area contributed by atoms with Gasteiger partial charge in [-0.2, -0.15) is 0 Å². The average molecular weight is 773 g/mol. The van der Waals surface area contributed by atoms with Crippen LogP contribution in [0.25, 0.3) is 0 Å². The minimum absolute atomic E-state index is 0.168. The number of hydrogen-bond acceptors (Lipinski definition) is 10. The maximum Gasteiger partial charge on any atom is 0.306 e. The molecular formula is C45H72O10. The van der Waals surface area contributed by atoms with Gasteiger partial charge in [-0.3, -0.25) is 9.59 Å². The number of aliphatic hydroxyl groups excluding tert-OH is 4. The van der Waals surface area contributed by atoms with E-state index in [-0.39, 0.29) is 26.1 Å². The summed E-state index contributed by atoms with van der Waals surface area (Å²) in [6.45, 7) is 3.10. The first kappa shape index (κ1) is 49.9. The second-order valence-electron chi connectivity index (χ2n) is 13.7. The summed E-state index contributed by atoms with van der Waals surface area (Å²) in [4.78, 5) is 25.2. The number of allylic oxidation sites excluding steroid dienone is 14. The lowest BCUT2D eigenvalue weighted by Crippen LogP contribution is -2.59. The Morgan fingerprint density at radius 3 is 1.56 bits per heavy atom. The number of aliphatic hydroxyl groups is 4. The summed E-state index contributed by atoms with van der Waals surface area (Å²) in [5.74, 6) is -0.886. The molecule has 1 aliphatic rings. The predicted octanol–water partition coefficient (Wildman–Crippen LogP) is 8.21. The van der Waals surface area contributed by atoms with Crippen molar-refractivity contribution in [2.24, 2.45) is 0 Å². The van der Waals surface area contributed by atoms with E-state index in [1.165, 1.54) is 0 Å². The van der Waals surface area contributed by atoms with Gasteiger partial charge in [0.1, 0.15) is 31.0 Å². The molecule has 0 aromatic heterocycles. The highest BCUT2D eigenvalue weighted by molar-refractivity contribution is 5.70. The minimum Gasteiger partial charge on any atom is -0.462 e. The smallest absolute Gasteiger partial charge is 0.306 e. The van der Waals surface area contributed by atoms with Crippen LogP contribution in [0.15, 0.2) is 85.1 Å². The lowest BCUT2D eigenvalue weighted by Gasteiger charge is -2.39. The van der Waals surface area contributed by atoms with E-state index in [4.69, 9.17) is 18.9 Å². The van der Waals surface area contributed by atoms with Crippen LogP contribution in [-0.2, 0) is 28.5 Å². The van der Waals surface area contributed by atoms with E-state index >= 15 is 0 Å². The third-order valence-corrected chi connectivity index (χ3v) is 8.78. The Morgan fingerprint density at radius 2 is 1.02 bits per heavy atom. The molecule has 0 aromatic carbocycles. The lowest BCUT2D eigenvalue weighted by molar-refractivity contribution is -0.305. The second kappa shape index (κ2) is 35.3. The molecule has 1 fully saturated rings. The molecular weight excluding hydrogens is 700 g/mol. The molecule has 1 saturated heterocycles. The molecule has 55 heavy (non-hydrogen) atoms. The van der Waals surface area contributed by atoms with Crippen LogP contribution in [0.1, 0.15) is 129 Å². The highest BCUT2D eigenvalue weighted by Gasteiger charge is 2.44. The molecule has 0 spiro atoms. The van der Waals surface area contributed by atoms with E-state index in [1.54, 1.807) is 0 Å². The van der Waals surface area contributed by atoms with Crippen molar-refractivity contribution >= 4 is 11.9 Å². The first-order chi connectivity index (χ1) is 26.8. The molecule has 10 nitrogen and oxygen atoms in total. The van der Waals surface area contributed by atoms with Crippen molar-refractivity contribution in [3.05, 3.63) is 85.1 Å². The van der Waals surface area contributed by atoms with Crippen molar-refractivity contribution in [2.45, 2.75) is 166 Å². The minimum atomic E-state index is -1.61. The third-order valence-electron chi connectivity index (χ3n) is 8.78. The Bertz CT molecular complexity index is 1170. The monoisotopic (exact) mass is 773 g/mol. The molecule has 0 bridgehead atoms. The largest absolute Gasteiger partial charge is 0.462 e. The fourth-order valence-electron chi connectivity index (χ4n) is 5.54. The average Bonchev–Trinajstić information content (AvgIpc) is 3.18. The van der Waals surface area contributed by atoms with Gasteiger partial charge in [-0.1, -0.05) is 118 Å². The van der Waals surface area contributed by atoms with Crippen molar-refractivity contribution in [1.29, 1.82) is 0 Å². The topological polar surface area (TPSA) is 152 Å². The molecule has 0 amide bonds. The van der Waals surface area contributed by atoms with Gasteiger partial charge in [0.2, 0.25) is 0 Å². The Hall–Kier alpha value is -3.12. The fraction of sp³-hybridized carbons (Fsp3) is 0.644. The van der Waals surface area contributed by atoms with Gasteiger partial charge in [0.15, 0.2) is 12.4 Å². The summed E-state index contributed by atoms with van der Waals surface area (Å²) in [6, 6.07) is 0. The second-order valence-corrected chi connectivity index (χ2v) is 13.7. The summed E-state index contributed by atoms with van der Waals surface area (Å²) in [6.07, 6.45) is 37.3. The number of unbranched alkanes of at least 4 members (excludes halogenated alkanes) is 7. The van der Waals surface area contributed by atoms with Crippen molar-refractivity contribution in [1.82, 2.24) is 0 Å². The molecule has 0 radical (unpaired) electrons. The van der Waals surface area contributed by atoms with Crippen LogP contribution < -0.4 is 0 Å². The molecule has 0 aliphatic carbocycles. The predicted molar refractivity (Wildman–Crippen MR) is 219 cm³/mol. The van der Waals surface area contributed by atoms with Gasteiger partial charge in [-0.05, 0) is 83.5 Å². The lowest BCUT2D eigenvalue weighted by atomic mass is 9.99. The maximum atomic E-state index is 12.7. The molecule has 0 aromatic rings. The fourth-order valence-corrected chi connectivity index (χ4v) is 5.54. The summed E-state index contributed by atoms with van der Waals surface area (Å²) in [7, 11) is 0. The van der Waals surface area contributed by atoms with E-state index in [0.717, 1.165) is 89.9 Å². The van der Waals surface area contributed by atoms with Crippen LogP contribution >= 0.6 is 0 Å². The quantitative estimate of drug-likeness (QED) is 0.0299. The zero-order chi connectivity index (χ0) is 40.2. The summed E-state index contributed by atoms with van der Waals surface area (Å²) in [5, 5.41) is 40.0. The maximum absolute atomic E-state index is 12.7. The van der Waals surface area contributed by atoms with Gasteiger partial charge in [0.25, 0.3) is 0 Å². The molecule has 4 N–H and O–H groups in total. The molecule has 312 valence electrons. The summed E-state index contributed by atoms with van der Waals surface area (Å²) < 4.78 is 22.0. The van der Waals surface area contributed by atoms with Crippen molar-refractivity contribution < 1.29 is 49.0 Å². The Balaban J connectivity index is 2.42. The first-order valence-electron chi connectivity index (χ1n) is 20.7. The number of carbonyl (C=O) groups is 2. The Labute approximate surface area is 331 Å². The van der Waals surface area contributed by atoms with Gasteiger partial charge >= 0.3 is 11.9 Å². The third kappa shape index (κ3) is 27.2. The Kier molecular flexibility index (Phi) is 32.0. The van der Waals surface area contributed by atoms with Crippen molar-refractivity contribution in [3.63, 3.8) is 0 Å². The molecule has 1 heterocycles. The Morgan fingerprint density at radius 1 is 0.564 bits per heavy atom. The van der Waals surface area contributed by atoms with Gasteiger partial charge in [-0.15, -0.1) is 0 Å². The number of esters is 2. The van der Waals surface area contributed by atoms with Gasteiger partial charge < -0.3 is 39.4 Å². The van der Waals surface area contributed by atoms with Gasteiger partial charge in [-0.25, -0.2) is 0 Å². The van der Waals surface area contributed by atoms with Crippen LogP contribution in [0.5, 0.6) is 0 Å². The number of rotatable bonds is 32. The molecule has 1 aliphatic heterocycles. The standard InChI is InChI=1S/C45H72O10/c1-3-5-7-9-11-13-15-17-19-21-23-25-27-29-31-33-40(47)52-36-38(37-53-45-44(51)43(50)42(49)39(35-46)55-45)54-41(48)34-32-30-28-26-24-22-20-18-16-14-12-10-8-6-4-2/h5-8,11-14,17-20,24,26,38-39,42-46,49-51H,3-4,9-10,15-16,21-23,25,27-37H2,1-2H3/b7-5-,8-6-,13-11-,14-12-,19-17-,20-18-,26-24-. The van der Waals surface area contributed by atoms with E-state index in [0.29, 0.717) is 12.8 Å². The summed E-state index contributed by atoms with van der Waals surface area (Å²) in [5.41, 5.74) is 0.